The molecule has 0 saturated heterocycles. The maximum Gasteiger partial charge on any atom is 0.269 e. The highest BCUT2D eigenvalue weighted by Gasteiger charge is 2.16. The summed E-state index contributed by atoms with van der Waals surface area (Å²) in [5.74, 6) is -0.0679. The Labute approximate surface area is 132 Å². The number of carbonyl (C=O) groups excluding carboxylic acids is 1. The Balaban J connectivity index is 2.22. The van der Waals surface area contributed by atoms with Gasteiger partial charge in [0.2, 0.25) is 0 Å². The molecular formula is C15H18IN3O. The SMILES string of the molecule is CCCNC(=O)c1cncn1[C@H](C)c1ccc(I)cc1. The van der Waals surface area contributed by atoms with E-state index in [4.69, 9.17) is 0 Å². The van der Waals surface area contributed by atoms with Gasteiger partial charge in [0, 0.05) is 10.1 Å². The lowest BCUT2D eigenvalue weighted by atomic mass is 10.1. The molecular weight excluding hydrogens is 365 g/mol. The van der Waals surface area contributed by atoms with Crippen molar-refractivity contribution in [2.24, 2.45) is 0 Å². The molecule has 0 unspecified atom stereocenters. The number of benzene rings is 1. The average Bonchev–Trinajstić information content (AvgIpc) is 2.94. The topological polar surface area (TPSA) is 46.9 Å². The second-order valence-electron chi connectivity index (χ2n) is 4.67. The number of halogens is 1. The van der Waals surface area contributed by atoms with Crippen LogP contribution in [0.2, 0.25) is 0 Å². The molecule has 0 aliphatic heterocycles. The minimum atomic E-state index is -0.0679. The zero-order valence-electron chi connectivity index (χ0n) is 11.6. The zero-order valence-corrected chi connectivity index (χ0v) is 13.8. The van der Waals surface area contributed by atoms with Gasteiger partial charge in [0.25, 0.3) is 5.91 Å². The molecule has 0 saturated carbocycles. The number of imidazole rings is 1. The summed E-state index contributed by atoms with van der Waals surface area (Å²) in [5.41, 5.74) is 1.76. The Morgan fingerprint density at radius 1 is 1.40 bits per heavy atom. The maximum atomic E-state index is 12.1. The van der Waals surface area contributed by atoms with Gasteiger partial charge in [-0.2, -0.15) is 0 Å². The molecule has 1 atom stereocenters. The molecule has 0 aliphatic carbocycles. The Morgan fingerprint density at radius 2 is 2.10 bits per heavy atom. The summed E-state index contributed by atoms with van der Waals surface area (Å²) < 4.78 is 3.11. The van der Waals surface area contributed by atoms with Crippen LogP contribution in [-0.2, 0) is 0 Å². The highest BCUT2D eigenvalue weighted by atomic mass is 127. The van der Waals surface area contributed by atoms with Crippen LogP contribution in [0.25, 0.3) is 0 Å². The van der Waals surface area contributed by atoms with Crippen molar-refractivity contribution in [2.75, 3.05) is 6.54 Å². The summed E-state index contributed by atoms with van der Waals surface area (Å²) >= 11 is 2.28. The fraction of sp³-hybridized carbons (Fsp3) is 0.333. The van der Waals surface area contributed by atoms with Crippen LogP contribution in [0, 0.1) is 3.57 Å². The average molecular weight is 383 g/mol. The van der Waals surface area contributed by atoms with Crippen LogP contribution in [0.4, 0.5) is 0 Å². The Hall–Kier alpha value is -1.37. The standard InChI is InChI=1S/C15H18IN3O/c1-3-8-18-15(20)14-9-17-10-19(14)11(2)12-4-6-13(16)7-5-12/h4-7,9-11H,3,8H2,1-2H3,(H,18,20)/t11-/m1/s1. The molecule has 2 aromatic rings. The number of hydrogen-bond acceptors (Lipinski definition) is 2. The van der Waals surface area contributed by atoms with Crippen LogP contribution in [-0.4, -0.2) is 22.0 Å². The van der Waals surface area contributed by atoms with Crippen molar-refractivity contribution in [3.8, 4) is 0 Å². The van der Waals surface area contributed by atoms with Crippen LogP contribution in [0.1, 0.15) is 42.4 Å². The zero-order chi connectivity index (χ0) is 14.5. The van der Waals surface area contributed by atoms with E-state index in [1.54, 1.807) is 12.5 Å². The van der Waals surface area contributed by atoms with Crippen molar-refractivity contribution in [1.82, 2.24) is 14.9 Å². The summed E-state index contributed by atoms with van der Waals surface area (Å²) in [6.07, 6.45) is 4.25. The second kappa shape index (κ2) is 6.88. The van der Waals surface area contributed by atoms with E-state index in [0.717, 1.165) is 12.0 Å². The highest BCUT2D eigenvalue weighted by Crippen LogP contribution is 2.20. The van der Waals surface area contributed by atoms with Crippen molar-refractivity contribution >= 4 is 28.5 Å². The number of amides is 1. The number of rotatable bonds is 5. The molecule has 1 N–H and O–H groups in total. The molecule has 20 heavy (non-hydrogen) atoms. The fourth-order valence-corrected chi connectivity index (χ4v) is 2.38. The predicted molar refractivity (Wildman–Crippen MR) is 87.8 cm³/mol. The lowest BCUT2D eigenvalue weighted by molar-refractivity contribution is 0.0943. The molecule has 4 nitrogen and oxygen atoms in total. The molecule has 1 amide bonds. The summed E-state index contributed by atoms with van der Waals surface area (Å²) in [6.45, 7) is 4.79. The van der Waals surface area contributed by atoms with Crippen molar-refractivity contribution in [3.05, 3.63) is 51.6 Å². The van der Waals surface area contributed by atoms with Gasteiger partial charge in [-0.15, -0.1) is 0 Å². The van der Waals surface area contributed by atoms with Crippen molar-refractivity contribution in [1.29, 1.82) is 0 Å². The number of carbonyl (C=O) groups is 1. The van der Waals surface area contributed by atoms with Gasteiger partial charge in [-0.05, 0) is 53.6 Å². The second-order valence-corrected chi connectivity index (χ2v) is 5.92. The van der Waals surface area contributed by atoms with Gasteiger partial charge < -0.3 is 9.88 Å². The van der Waals surface area contributed by atoms with Gasteiger partial charge in [-0.3, -0.25) is 4.79 Å². The maximum absolute atomic E-state index is 12.1. The molecule has 1 aromatic heterocycles. The van der Waals surface area contributed by atoms with E-state index in [9.17, 15) is 4.79 Å². The lowest BCUT2D eigenvalue weighted by Gasteiger charge is -2.17. The smallest absolute Gasteiger partial charge is 0.269 e. The first-order valence-corrected chi connectivity index (χ1v) is 7.76. The minimum Gasteiger partial charge on any atom is -0.351 e. The van der Waals surface area contributed by atoms with Crippen molar-refractivity contribution < 1.29 is 4.79 Å². The van der Waals surface area contributed by atoms with E-state index in [0.29, 0.717) is 12.2 Å². The normalized spacial score (nSPS) is 12.2. The molecule has 0 bridgehead atoms. The summed E-state index contributed by atoms with van der Waals surface area (Å²) in [4.78, 5) is 16.2. The molecule has 106 valence electrons. The minimum absolute atomic E-state index is 0.0679. The van der Waals surface area contributed by atoms with E-state index in [-0.39, 0.29) is 11.9 Å². The number of nitrogens with one attached hydrogen (secondary N) is 1. The third-order valence-corrected chi connectivity index (χ3v) is 3.92. The summed E-state index contributed by atoms with van der Waals surface area (Å²) in [6, 6.07) is 8.39. The van der Waals surface area contributed by atoms with E-state index in [2.05, 4.69) is 64.1 Å². The summed E-state index contributed by atoms with van der Waals surface area (Å²) in [5, 5.41) is 2.89. The molecule has 0 aliphatic rings. The molecule has 1 heterocycles. The van der Waals surface area contributed by atoms with Gasteiger partial charge in [0.1, 0.15) is 5.69 Å². The first-order valence-electron chi connectivity index (χ1n) is 6.69. The highest BCUT2D eigenvalue weighted by molar-refractivity contribution is 14.1. The lowest BCUT2D eigenvalue weighted by Crippen LogP contribution is -2.27. The van der Waals surface area contributed by atoms with Crippen LogP contribution in [0.5, 0.6) is 0 Å². The molecule has 0 fully saturated rings. The predicted octanol–water partition coefficient (Wildman–Crippen LogP) is 3.24. The van der Waals surface area contributed by atoms with E-state index < -0.39 is 0 Å². The first kappa shape index (κ1) is 15.0. The third-order valence-electron chi connectivity index (χ3n) is 3.20. The van der Waals surface area contributed by atoms with Crippen LogP contribution in [0.3, 0.4) is 0 Å². The van der Waals surface area contributed by atoms with Gasteiger partial charge >= 0.3 is 0 Å². The molecule has 0 radical (unpaired) electrons. The number of hydrogen-bond donors (Lipinski definition) is 1. The number of aromatic nitrogens is 2. The van der Waals surface area contributed by atoms with E-state index in [1.807, 2.05) is 11.5 Å². The fourth-order valence-electron chi connectivity index (χ4n) is 2.02. The van der Waals surface area contributed by atoms with Gasteiger partial charge in [-0.25, -0.2) is 4.98 Å². The number of nitrogens with zero attached hydrogens (tertiary/aromatic N) is 2. The van der Waals surface area contributed by atoms with Crippen LogP contribution < -0.4 is 5.32 Å². The monoisotopic (exact) mass is 383 g/mol. The van der Waals surface area contributed by atoms with Gasteiger partial charge in [-0.1, -0.05) is 19.1 Å². The van der Waals surface area contributed by atoms with Crippen LogP contribution >= 0.6 is 22.6 Å². The largest absolute Gasteiger partial charge is 0.351 e. The Bertz CT molecular complexity index is 577. The molecule has 0 spiro atoms. The molecule has 5 heteroatoms. The van der Waals surface area contributed by atoms with Gasteiger partial charge in [0.15, 0.2) is 0 Å². The van der Waals surface area contributed by atoms with Gasteiger partial charge in [0.05, 0.1) is 18.6 Å². The molecule has 2 rings (SSSR count). The first-order chi connectivity index (χ1) is 9.63. The Kier molecular flexibility index (Phi) is 5.17. The Morgan fingerprint density at radius 3 is 2.75 bits per heavy atom. The third kappa shape index (κ3) is 3.39. The van der Waals surface area contributed by atoms with E-state index >= 15 is 0 Å². The van der Waals surface area contributed by atoms with Crippen LogP contribution in [0.15, 0.2) is 36.8 Å². The molecule has 1 aromatic carbocycles. The quantitative estimate of drug-likeness (QED) is 0.806. The van der Waals surface area contributed by atoms with Crippen molar-refractivity contribution in [3.63, 3.8) is 0 Å². The van der Waals surface area contributed by atoms with Crippen molar-refractivity contribution in [2.45, 2.75) is 26.3 Å². The summed E-state index contributed by atoms with van der Waals surface area (Å²) in [7, 11) is 0. The van der Waals surface area contributed by atoms with E-state index in [1.165, 1.54) is 3.57 Å².